The van der Waals surface area contributed by atoms with Crippen molar-refractivity contribution in [2.24, 2.45) is 0 Å². The van der Waals surface area contributed by atoms with Gasteiger partial charge in [0.05, 0.1) is 12.6 Å². The van der Waals surface area contributed by atoms with Crippen LogP contribution < -0.4 is 0 Å². The number of halogens is 2. The zero-order valence-electron chi connectivity index (χ0n) is 10.7. The lowest BCUT2D eigenvalue weighted by molar-refractivity contribution is 0.150. The van der Waals surface area contributed by atoms with Gasteiger partial charge in [-0.15, -0.1) is 0 Å². The van der Waals surface area contributed by atoms with Crippen molar-refractivity contribution in [2.75, 3.05) is 0 Å². The number of nitrogens with zero attached hydrogens (tertiary/aromatic N) is 2. The standard InChI is InChI=1S/C14H16F2N2O/c1-2-3-14-17-6-7-18(14)9-13(19)11-5-4-10(15)8-12(11)16/h4-8,13,19H,2-3,9H2,1H3. The van der Waals surface area contributed by atoms with E-state index < -0.39 is 17.7 Å². The first-order valence-electron chi connectivity index (χ1n) is 6.24. The summed E-state index contributed by atoms with van der Waals surface area (Å²) in [6.45, 7) is 2.24. The number of hydrogen-bond donors (Lipinski definition) is 1. The average molecular weight is 266 g/mol. The van der Waals surface area contributed by atoms with Crippen LogP contribution in [0.5, 0.6) is 0 Å². The molecule has 0 saturated heterocycles. The first kappa shape index (κ1) is 13.7. The number of aliphatic hydroxyl groups is 1. The highest BCUT2D eigenvalue weighted by molar-refractivity contribution is 5.21. The first-order valence-corrected chi connectivity index (χ1v) is 6.24. The summed E-state index contributed by atoms with van der Waals surface area (Å²) in [6, 6.07) is 3.19. The molecule has 0 aliphatic rings. The molecule has 1 aromatic heterocycles. The quantitative estimate of drug-likeness (QED) is 0.903. The van der Waals surface area contributed by atoms with Crippen LogP contribution in [0.2, 0.25) is 0 Å². The fraction of sp³-hybridized carbons (Fsp3) is 0.357. The Morgan fingerprint density at radius 1 is 1.37 bits per heavy atom. The molecule has 0 aliphatic heterocycles. The summed E-state index contributed by atoms with van der Waals surface area (Å²) >= 11 is 0. The first-order chi connectivity index (χ1) is 9.11. The highest BCUT2D eigenvalue weighted by atomic mass is 19.1. The topological polar surface area (TPSA) is 38.0 Å². The Balaban J connectivity index is 2.16. The van der Waals surface area contributed by atoms with E-state index in [1.807, 2.05) is 6.92 Å². The van der Waals surface area contributed by atoms with Gasteiger partial charge in [-0.1, -0.05) is 13.0 Å². The van der Waals surface area contributed by atoms with Crippen molar-refractivity contribution in [3.63, 3.8) is 0 Å². The molecule has 19 heavy (non-hydrogen) atoms. The summed E-state index contributed by atoms with van der Waals surface area (Å²) in [7, 11) is 0. The molecule has 102 valence electrons. The molecule has 0 radical (unpaired) electrons. The fourth-order valence-corrected chi connectivity index (χ4v) is 2.01. The minimum atomic E-state index is -1.02. The molecule has 2 aromatic rings. The lowest BCUT2D eigenvalue weighted by Crippen LogP contribution is -2.12. The smallest absolute Gasteiger partial charge is 0.131 e. The molecule has 1 N–H and O–H groups in total. The minimum absolute atomic E-state index is 0.0950. The molecule has 5 heteroatoms. The van der Waals surface area contributed by atoms with Crippen molar-refractivity contribution in [2.45, 2.75) is 32.4 Å². The van der Waals surface area contributed by atoms with E-state index in [4.69, 9.17) is 0 Å². The highest BCUT2D eigenvalue weighted by Crippen LogP contribution is 2.20. The Kier molecular flexibility index (Phi) is 4.27. The van der Waals surface area contributed by atoms with Crippen molar-refractivity contribution in [3.8, 4) is 0 Å². The van der Waals surface area contributed by atoms with Crippen LogP contribution in [-0.4, -0.2) is 14.7 Å². The second-order valence-electron chi connectivity index (χ2n) is 4.43. The van der Waals surface area contributed by atoms with E-state index in [2.05, 4.69) is 4.98 Å². The highest BCUT2D eigenvalue weighted by Gasteiger charge is 2.15. The minimum Gasteiger partial charge on any atom is -0.386 e. The zero-order chi connectivity index (χ0) is 13.8. The maximum absolute atomic E-state index is 13.6. The van der Waals surface area contributed by atoms with Crippen LogP contribution in [0.3, 0.4) is 0 Å². The van der Waals surface area contributed by atoms with Crippen molar-refractivity contribution in [3.05, 3.63) is 53.6 Å². The average Bonchev–Trinajstić information content (AvgIpc) is 2.77. The zero-order valence-corrected chi connectivity index (χ0v) is 10.7. The third-order valence-electron chi connectivity index (χ3n) is 2.97. The summed E-state index contributed by atoms with van der Waals surface area (Å²) in [6.07, 6.45) is 4.11. The number of hydrogen-bond acceptors (Lipinski definition) is 2. The molecular weight excluding hydrogens is 250 g/mol. The number of rotatable bonds is 5. The Morgan fingerprint density at radius 2 is 2.16 bits per heavy atom. The molecule has 0 aliphatic carbocycles. The van der Waals surface area contributed by atoms with Crippen molar-refractivity contribution >= 4 is 0 Å². The maximum atomic E-state index is 13.6. The molecule has 0 amide bonds. The fourth-order valence-electron chi connectivity index (χ4n) is 2.01. The van der Waals surface area contributed by atoms with Crippen LogP contribution >= 0.6 is 0 Å². The van der Waals surface area contributed by atoms with E-state index in [1.54, 1.807) is 17.0 Å². The summed E-state index contributed by atoms with van der Waals surface area (Å²) in [5, 5.41) is 10.0. The van der Waals surface area contributed by atoms with Gasteiger partial charge in [-0.05, 0) is 12.5 Å². The maximum Gasteiger partial charge on any atom is 0.131 e. The van der Waals surface area contributed by atoms with Crippen LogP contribution in [-0.2, 0) is 13.0 Å². The van der Waals surface area contributed by atoms with Gasteiger partial charge in [0.2, 0.25) is 0 Å². The van der Waals surface area contributed by atoms with Gasteiger partial charge in [0, 0.05) is 30.4 Å². The van der Waals surface area contributed by atoms with Crippen LogP contribution in [0.25, 0.3) is 0 Å². The SMILES string of the molecule is CCCc1nccn1CC(O)c1ccc(F)cc1F. The van der Waals surface area contributed by atoms with Crippen molar-refractivity contribution < 1.29 is 13.9 Å². The van der Waals surface area contributed by atoms with Gasteiger partial charge in [-0.25, -0.2) is 13.8 Å². The monoisotopic (exact) mass is 266 g/mol. The van der Waals surface area contributed by atoms with Crippen LogP contribution in [0.4, 0.5) is 8.78 Å². The number of benzene rings is 1. The lowest BCUT2D eigenvalue weighted by Gasteiger charge is -2.14. The van der Waals surface area contributed by atoms with Crippen LogP contribution in [0.1, 0.15) is 30.8 Å². The van der Waals surface area contributed by atoms with E-state index in [0.717, 1.165) is 30.8 Å². The molecule has 0 bridgehead atoms. The predicted octanol–water partition coefficient (Wildman–Crippen LogP) is 2.85. The summed E-state index contributed by atoms with van der Waals surface area (Å²) < 4.78 is 28.2. The lowest BCUT2D eigenvalue weighted by atomic mass is 10.1. The second-order valence-corrected chi connectivity index (χ2v) is 4.43. The number of aromatic nitrogens is 2. The Morgan fingerprint density at radius 3 is 2.84 bits per heavy atom. The molecule has 1 atom stereocenters. The van der Waals surface area contributed by atoms with E-state index in [-0.39, 0.29) is 12.1 Å². The van der Waals surface area contributed by atoms with Crippen LogP contribution in [0.15, 0.2) is 30.6 Å². The van der Waals surface area contributed by atoms with E-state index in [0.29, 0.717) is 0 Å². The third-order valence-corrected chi connectivity index (χ3v) is 2.97. The summed E-state index contributed by atoms with van der Waals surface area (Å²) in [4.78, 5) is 4.19. The summed E-state index contributed by atoms with van der Waals surface area (Å²) in [5.41, 5.74) is 0.0950. The van der Waals surface area contributed by atoms with Gasteiger partial charge in [-0.3, -0.25) is 0 Å². The normalized spacial score (nSPS) is 12.6. The van der Waals surface area contributed by atoms with Gasteiger partial charge < -0.3 is 9.67 Å². The molecule has 3 nitrogen and oxygen atoms in total. The van der Waals surface area contributed by atoms with Gasteiger partial charge in [0.25, 0.3) is 0 Å². The molecular formula is C14H16F2N2O. The van der Waals surface area contributed by atoms with Gasteiger partial charge >= 0.3 is 0 Å². The van der Waals surface area contributed by atoms with E-state index in [1.165, 1.54) is 6.07 Å². The van der Waals surface area contributed by atoms with E-state index >= 15 is 0 Å². The Labute approximate surface area is 110 Å². The summed E-state index contributed by atoms with van der Waals surface area (Å²) in [5.74, 6) is -0.531. The molecule has 1 heterocycles. The molecule has 0 spiro atoms. The number of aryl methyl sites for hydroxylation is 1. The molecule has 0 fully saturated rings. The van der Waals surface area contributed by atoms with Gasteiger partial charge in [-0.2, -0.15) is 0 Å². The van der Waals surface area contributed by atoms with Crippen molar-refractivity contribution in [1.82, 2.24) is 9.55 Å². The van der Waals surface area contributed by atoms with Gasteiger partial charge in [0.15, 0.2) is 0 Å². The molecule has 2 rings (SSSR count). The second kappa shape index (κ2) is 5.93. The van der Waals surface area contributed by atoms with E-state index in [9.17, 15) is 13.9 Å². The largest absolute Gasteiger partial charge is 0.386 e. The third kappa shape index (κ3) is 3.17. The van der Waals surface area contributed by atoms with Gasteiger partial charge in [0.1, 0.15) is 17.5 Å². The van der Waals surface area contributed by atoms with Crippen LogP contribution in [0, 0.1) is 11.6 Å². The number of imidazole rings is 1. The Hall–Kier alpha value is -1.75. The molecule has 0 saturated carbocycles. The molecule has 1 aromatic carbocycles. The van der Waals surface area contributed by atoms with Crippen molar-refractivity contribution in [1.29, 1.82) is 0 Å². The predicted molar refractivity (Wildman–Crippen MR) is 67.5 cm³/mol. The molecule has 1 unspecified atom stereocenters. The Bertz CT molecular complexity index is 554. The number of aliphatic hydroxyl groups excluding tert-OH is 1.